The molecule has 5 nitrogen and oxygen atoms in total. The summed E-state index contributed by atoms with van der Waals surface area (Å²) >= 11 is 0. The lowest BCUT2D eigenvalue weighted by molar-refractivity contribution is -0.225. The molecule has 1 aromatic rings. The minimum Gasteiger partial charge on any atom is -0.497 e. The monoisotopic (exact) mass is 368 g/mol. The first-order valence-corrected chi connectivity index (χ1v) is 11.8. The third kappa shape index (κ3) is 4.97. The van der Waals surface area contributed by atoms with Gasteiger partial charge in [0.05, 0.1) is 19.3 Å². The van der Waals surface area contributed by atoms with Gasteiger partial charge >= 0.3 is 0 Å². The molecule has 1 aliphatic rings. The summed E-state index contributed by atoms with van der Waals surface area (Å²) < 4.78 is 23.6. The van der Waals surface area contributed by atoms with Crippen LogP contribution in [0.5, 0.6) is 11.5 Å². The molecule has 0 aliphatic carbocycles. The first kappa shape index (κ1) is 20.2. The normalized spacial score (nSPS) is 27.8. The molecule has 0 unspecified atom stereocenters. The summed E-state index contributed by atoms with van der Waals surface area (Å²) in [5, 5.41) is 10.3. The van der Waals surface area contributed by atoms with E-state index in [1.54, 1.807) is 7.11 Å². The van der Waals surface area contributed by atoms with E-state index in [0.717, 1.165) is 5.75 Å². The van der Waals surface area contributed by atoms with Crippen LogP contribution in [0.3, 0.4) is 0 Å². The van der Waals surface area contributed by atoms with Gasteiger partial charge in [0.25, 0.3) is 0 Å². The van der Waals surface area contributed by atoms with Crippen molar-refractivity contribution in [1.29, 1.82) is 0 Å². The molecule has 1 aliphatic heterocycles. The van der Waals surface area contributed by atoms with Gasteiger partial charge in [-0.05, 0) is 49.3 Å². The van der Waals surface area contributed by atoms with E-state index < -0.39 is 20.7 Å². The van der Waals surface area contributed by atoms with Gasteiger partial charge in [-0.1, -0.05) is 20.8 Å². The number of methoxy groups -OCH3 is 1. The van der Waals surface area contributed by atoms with Crippen LogP contribution in [-0.4, -0.2) is 45.1 Å². The first-order chi connectivity index (χ1) is 11.5. The van der Waals surface area contributed by atoms with Crippen LogP contribution in [0.4, 0.5) is 0 Å². The first-order valence-electron chi connectivity index (χ1n) is 8.85. The highest BCUT2D eigenvalue weighted by atomic mass is 28.4. The maximum atomic E-state index is 10.2. The van der Waals surface area contributed by atoms with Gasteiger partial charge in [0.15, 0.2) is 8.32 Å². The molecule has 2 rings (SSSR count). The summed E-state index contributed by atoms with van der Waals surface area (Å²) in [7, 11) is -0.378. The SMILES string of the molecule is COc1ccc(O[C@@H]2O[C@H](C)[C@@H](O)C[C@H]2O[Si](C)(C)C(C)(C)C)cc1. The maximum absolute atomic E-state index is 10.2. The molecule has 1 saturated heterocycles. The second-order valence-electron chi connectivity index (χ2n) is 8.22. The van der Waals surface area contributed by atoms with Crippen molar-refractivity contribution in [3.05, 3.63) is 24.3 Å². The van der Waals surface area contributed by atoms with Gasteiger partial charge in [-0.2, -0.15) is 0 Å². The number of hydrogen-bond donors (Lipinski definition) is 1. The molecule has 4 atom stereocenters. The second-order valence-corrected chi connectivity index (χ2v) is 13.0. The smallest absolute Gasteiger partial charge is 0.225 e. The van der Waals surface area contributed by atoms with Gasteiger partial charge in [-0.15, -0.1) is 0 Å². The topological polar surface area (TPSA) is 57.2 Å². The number of aliphatic hydroxyl groups is 1. The van der Waals surface area contributed by atoms with E-state index in [9.17, 15) is 5.11 Å². The molecule has 142 valence electrons. The Balaban J connectivity index is 2.15. The zero-order valence-electron chi connectivity index (χ0n) is 16.4. The second kappa shape index (κ2) is 7.66. The minimum atomic E-state index is -2.01. The van der Waals surface area contributed by atoms with Gasteiger partial charge < -0.3 is 23.7 Å². The molecule has 6 heteroatoms. The zero-order valence-corrected chi connectivity index (χ0v) is 17.4. The van der Waals surface area contributed by atoms with Crippen LogP contribution in [0.1, 0.15) is 34.1 Å². The van der Waals surface area contributed by atoms with Gasteiger partial charge in [0.1, 0.15) is 17.6 Å². The predicted octanol–water partition coefficient (Wildman–Crippen LogP) is 3.96. The Hall–Kier alpha value is -1.08. The summed E-state index contributed by atoms with van der Waals surface area (Å²) in [5.41, 5.74) is 0. The fraction of sp³-hybridized carbons (Fsp3) is 0.684. The number of aliphatic hydroxyl groups excluding tert-OH is 1. The van der Waals surface area contributed by atoms with Crippen molar-refractivity contribution in [2.75, 3.05) is 7.11 Å². The summed E-state index contributed by atoms with van der Waals surface area (Å²) in [5.74, 6) is 1.47. The van der Waals surface area contributed by atoms with Crippen LogP contribution in [0.25, 0.3) is 0 Å². The van der Waals surface area contributed by atoms with Crippen LogP contribution >= 0.6 is 0 Å². The average Bonchev–Trinajstić information content (AvgIpc) is 2.51. The van der Waals surface area contributed by atoms with Gasteiger partial charge in [-0.3, -0.25) is 0 Å². The van der Waals surface area contributed by atoms with Crippen LogP contribution in [0.2, 0.25) is 18.1 Å². The van der Waals surface area contributed by atoms with Crippen molar-refractivity contribution in [2.45, 2.75) is 76.8 Å². The van der Waals surface area contributed by atoms with Crippen molar-refractivity contribution in [1.82, 2.24) is 0 Å². The zero-order chi connectivity index (χ0) is 18.8. The van der Waals surface area contributed by atoms with Crippen molar-refractivity contribution in [3.8, 4) is 11.5 Å². The molecule has 0 amide bonds. The Morgan fingerprint density at radius 3 is 2.20 bits per heavy atom. The molecule has 1 heterocycles. The van der Waals surface area contributed by atoms with E-state index in [1.807, 2.05) is 31.2 Å². The van der Waals surface area contributed by atoms with E-state index >= 15 is 0 Å². The number of rotatable bonds is 5. The highest BCUT2D eigenvalue weighted by Gasteiger charge is 2.45. The van der Waals surface area contributed by atoms with E-state index in [-0.39, 0.29) is 17.2 Å². The van der Waals surface area contributed by atoms with E-state index in [0.29, 0.717) is 12.2 Å². The molecule has 1 fully saturated rings. The third-order valence-electron chi connectivity index (χ3n) is 5.23. The van der Waals surface area contributed by atoms with E-state index in [2.05, 4.69) is 33.9 Å². The van der Waals surface area contributed by atoms with Crippen LogP contribution in [-0.2, 0) is 9.16 Å². The van der Waals surface area contributed by atoms with Crippen molar-refractivity contribution in [3.63, 3.8) is 0 Å². The van der Waals surface area contributed by atoms with E-state index in [1.165, 1.54) is 0 Å². The van der Waals surface area contributed by atoms with Crippen LogP contribution in [0.15, 0.2) is 24.3 Å². The van der Waals surface area contributed by atoms with Gasteiger partial charge in [-0.25, -0.2) is 0 Å². The Morgan fingerprint density at radius 1 is 1.12 bits per heavy atom. The van der Waals surface area contributed by atoms with Gasteiger partial charge in [0.2, 0.25) is 6.29 Å². The molecule has 0 spiro atoms. The number of benzene rings is 1. The van der Waals surface area contributed by atoms with Crippen molar-refractivity contribution >= 4 is 8.32 Å². The Bertz CT molecular complexity index is 552. The molecule has 0 bridgehead atoms. The highest BCUT2D eigenvalue weighted by Crippen LogP contribution is 2.39. The third-order valence-corrected chi connectivity index (χ3v) is 9.74. The summed E-state index contributed by atoms with van der Waals surface area (Å²) in [6.45, 7) is 12.8. The lowest BCUT2D eigenvalue weighted by Gasteiger charge is -2.44. The summed E-state index contributed by atoms with van der Waals surface area (Å²) in [4.78, 5) is 0. The Labute approximate surface area is 152 Å². The van der Waals surface area contributed by atoms with Crippen molar-refractivity contribution in [2.24, 2.45) is 0 Å². The molecule has 0 aromatic heterocycles. The molecule has 1 N–H and O–H groups in total. The lowest BCUT2D eigenvalue weighted by atomic mass is 10.0. The van der Waals surface area contributed by atoms with E-state index in [4.69, 9.17) is 18.6 Å². The molecule has 0 radical (unpaired) electrons. The molecular formula is C19H32O5Si. The maximum Gasteiger partial charge on any atom is 0.225 e. The lowest BCUT2D eigenvalue weighted by Crippen LogP contribution is -2.55. The molecular weight excluding hydrogens is 336 g/mol. The number of ether oxygens (including phenoxy) is 3. The van der Waals surface area contributed by atoms with Crippen LogP contribution < -0.4 is 9.47 Å². The Morgan fingerprint density at radius 2 is 1.68 bits per heavy atom. The quantitative estimate of drug-likeness (QED) is 0.797. The average molecular weight is 369 g/mol. The van der Waals surface area contributed by atoms with Crippen molar-refractivity contribution < 1.29 is 23.7 Å². The largest absolute Gasteiger partial charge is 0.497 e. The summed E-state index contributed by atoms with van der Waals surface area (Å²) in [6.07, 6.45) is -1.17. The fourth-order valence-corrected chi connectivity index (χ4v) is 3.80. The predicted molar refractivity (Wildman–Crippen MR) is 101 cm³/mol. The van der Waals surface area contributed by atoms with Crippen LogP contribution in [0, 0.1) is 0 Å². The highest BCUT2D eigenvalue weighted by molar-refractivity contribution is 6.74. The number of hydrogen-bond acceptors (Lipinski definition) is 5. The summed E-state index contributed by atoms with van der Waals surface area (Å²) in [6, 6.07) is 7.39. The fourth-order valence-electron chi connectivity index (χ4n) is 2.48. The Kier molecular flexibility index (Phi) is 6.20. The molecule has 1 aromatic carbocycles. The molecule has 25 heavy (non-hydrogen) atoms. The molecule has 0 saturated carbocycles. The minimum absolute atomic E-state index is 0.0751. The van der Waals surface area contributed by atoms with Gasteiger partial charge in [0, 0.05) is 6.42 Å². The standard InChI is InChI=1S/C19H32O5Si/c1-13-16(20)12-17(24-25(6,7)19(2,3)4)18(22-13)23-15-10-8-14(21-5)9-11-15/h8-11,13,16-18,20H,12H2,1-7H3/t13-,16+,17-,18+/m1/s1.